The maximum Gasteiger partial charge on any atom is 0.342 e. The number of hydrogen-bond acceptors (Lipinski definition) is 6. The van der Waals surface area contributed by atoms with Crippen LogP contribution in [0.5, 0.6) is 11.5 Å². The van der Waals surface area contributed by atoms with Crippen LogP contribution < -0.4 is 9.47 Å². The third-order valence-electron chi connectivity index (χ3n) is 2.25. The molecule has 0 aliphatic heterocycles. The highest BCUT2D eigenvalue weighted by atomic mass is 32.2. The molecule has 1 rings (SSSR count). The molecule has 1 N–H and O–H groups in total. The summed E-state index contributed by atoms with van der Waals surface area (Å²) >= 11 is 1.56. The monoisotopic (exact) mass is 287 g/mol. The van der Waals surface area contributed by atoms with Gasteiger partial charge in [0.05, 0.1) is 24.7 Å². The summed E-state index contributed by atoms with van der Waals surface area (Å²) in [7, 11) is 1.34. The van der Waals surface area contributed by atoms with Crippen LogP contribution >= 0.6 is 11.8 Å². The lowest BCUT2D eigenvalue weighted by molar-refractivity contribution is -0.385. The molecule has 0 unspecified atom stereocenters. The molecule has 0 aliphatic rings. The molecule has 0 spiro atoms. The number of carboxylic acid groups (broad SMARTS) is 1. The number of thioether (sulfide) groups is 1. The highest BCUT2D eigenvalue weighted by Crippen LogP contribution is 2.34. The van der Waals surface area contributed by atoms with Gasteiger partial charge in [0.25, 0.3) is 5.69 Å². The van der Waals surface area contributed by atoms with E-state index in [1.165, 1.54) is 7.11 Å². The van der Waals surface area contributed by atoms with Crippen molar-refractivity contribution in [1.82, 2.24) is 0 Å². The van der Waals surface area contributed by atoms with Crippen LogP contribution in [0.3, 0.4) is 0 Å². The third kappa shape index (κ3) is 3.75. The average Bonchev–Trinajstić information content (AvgIpc) is 2.38. The van der Waals surface area contributed by atoms with Gasteiger partial charge < -0.3 is 14.6 Å². The summed E-state index contributed by atoms with van der Waals surface area (Å²) in [5.41, 5.74) is -0.952. The van der Waals surface area contributed by atoms with E-state index in [4.69, 9.17) is 14.6 Å². The number of hydrogen-bond donors (Lipinski definition) is 1. The molecular weight excluding hydrogens is 274 g/mol. The Morgan fingerprint density at radius 2 is 2.16 bits per heavy atom. The van der Waals surface area contributed by atoms with E-state index in [1.54, 1.807) is 11.8 Å². The summed E-state index contributed by atoms with van der Waals surface area (Å²) in [6.07, 6.45) is 1.90. The van der Waals surface area contributed by atoms with Gasteiger partial charge in [-0.15, -0.1) is 0 Å². The zero-order valence-corrected chi connectivity index (χ0v) is 11.2. The number of benzene rings is 1. The van der Waals surface area contributed by atoms with Crippen LogP contribution in [-0.2, 0) is 0 Å². The molecule has 8 heteroatoms. The minimum atomic E-state index is -1.39. The van der Waals surface area contributed by atoms with Crippen LogP contribution in [0.1, 0.15) is 10.4 Å². The lowest BCUT2D eigenvalue weighted by Crippen LogP contribution is -2.06. The standard InChI is InChI=1S/C11H13NO6S/c1-17-9-5-7(11(13)14)8(12(15)16)6-10(9)18-3-4-19-2/h5-6H,3-4H2,1-2H3,(H,13,14). The van der Waals surface area contributed by atoms with E-state index in [1.807, 2.05) is 6.26 Å². The zero-order valence-electron chi connectivity index (χ0n) is 10.4. The second-order valence-electron chi connectivity index (χ2n) is 3.42. The molecule has 7 nitrogen and oxygen atoms in total. The number of methoxy groups -OCH3 is 1. The maximum absolute atomic E-state index is 11.0. The lowest BCUT2D eigenvalue weighted by atomic mass is 10.1. The number of aromatic carboxylic acids is 1. The fourth-order valence-corrected chi connectivity index (χ4v) is 1.63. The Hall–Kier alpha value is -1.96. The van der Waals surface area contributed by atoms with Crippen LogP contribution in [0.4, 0.5) is 5.69 Å². The molecular formula is C11H13NO6S. The smallest absolute Gasteiger partial charge is 0.342 e. The highest BCUT2D eigenvalue weighted by Gasteiger charge is 2.24. The summed E-state index contributed by atoms with van der Waals surface area (Å²) in [5.74, 6) is -0.365. The van der Waals surface area contributed by atoms with E-state index >= 15 is 0 Å². The topological polar surface area (TPSA) is 98.9 Å². The van der Waals surface area contributed by atoms with Crippen molar-refractivity contribution in [1.29, 1.82) is 0 Å². The molecule has 0 saturated heterocycles. The number of nitro groups is 1. The minimum Gasteiger partial charge on any atom is -0.493 e. The molecule has 0 aliphatic carbocycles. The van der Waals surface area contributed by atoms with Gasteiger partial charge >= 0.3 is 5.97 Å². The lowest BCUT2D eigenvalue weighted by Gasteiger charge is -2.11. The van der Waals surface area contributed by atoms with Crippen LogP contribution in [0, 0.1) is 10.1 Å². The van der Waals surface area contributed by atoms with Gasteiger partial charge in [-0.3, -0.25) is 10.1 Å². The fraction of sp³-hybridized carbons (Fsp3) is 0.364. The van der Waals surface area contributed by atoms with Gasteiger partial charge in [-0.25, -0.2) is 4.79 Å². The van der Waals surface area contributed by atoms with Crippen molar-refractivity contribution in [3.63, 3.8) is 0 Å². The van der Waals surface area contributed by atoms with Gasteiger partial charge in [-0.05, 0) is 6.26 Å². The SMILES string of the molecule is COc1cc(C(=O)O)c([N+](=O)[O-])cc1OCCSC. The molecule has 1 aromatic rings. The zero-order chi connectivity index (χ0) is 14.4. The molecule has 0 heterocycles. The highest BCUT2D eigenvalue weighted by molar-refractivity contribution is 7.98. The number of ether oxygens (including phenoxy) is 2. The number of carbonyl (C=O) groups is 1. The van der Waals surface area contributed by atoms with Crippen molar-refractivity contribution >= 4 is 23.4 Å². The first kappa shape index (κ1) is 15.1. The second-order valence-corrected chi connectivity index (χ2v) is 4.41. The third-order valence-corrected chi connectivity index (χ3v) is 2.83. The Bertz CT molecular complexity index is 490. The summed E-state index contributed by atoms with van der Waals surface area (Å²) in [5, 5.41) is 19.8. The summed E-state index contributed by atoms with van der Waals surface area (Å²) in [6, 6.07) is 2.16. The van der Waals surface area contributed by atoms with E-state index in [0.29, 0.717) is 12.4 Å². The normalized spacial score (nSPS) is 10.0. The molecule has 0 atom stereocenters. The van der Waals surface area contributed by atoms with E-state index < -0.39 is 22.1 Å². The van der Waals surface area contributed by atoms with Crippen molar-refractivity contribution in [2.45, 2.75) is 0 Å². The number of nitrogens with zero attached hydrogens (tertiary/aromatic N) is 1. The van der Waals surface area contributed by atoms with Crippen molar-refractivity contribution in [3.8, 4) is 11.5 Å². The van der Waals surface area contributed by atoms with Gasteiger partial charge in [-0.2, -0.15) is 11.8 Å². The van der Waals surface area contributed by atoms with Crippen molar-refractivity contribution in [3.05, 3.63) is 27.8 Å². The Morgan fingerprint density at radius 1 is 1.47 bits per heavy atom. The predicted octanol–water partition coefficient (Wildman–Crippen LogP) is 2.04. The molecule has 0 saturated carbocycles. The number of carboxylic acids is 1. The second kappa shape index (κ2) is 6.83. The van der Waals surface area contributed by atoms with E-state index in [2.05, 4.69) is 0 Å². The van der Waals surface area contributed by atoms with Gasteiger partial charge in [0.15, 0.2) is 11.5 Å². The Morgan fingerprint density at radius 3 is 2.63 bits per heavy atom. The first-order chi connectivity index (χ1) is 9.01. The summed E-state index contributed by atoms with van der Waals surface area (Å²) < 4.78 is 10.3. The molecule has 104 valence electrons. The van der Waals surface area contributed by atoms with Crippen molar-refractivity contribution < 1.29 is 24.3 Å². The molecule has 0 fully saturated rings. The van der Waals surface area contributed by atoms with E-state index in [-0.39, 0.29) is 11.5 Å². The molecule has 0 radical (unpaired) electrons. The largest absolute Gasteiger partial charge is 0.493 e. The first-order valence-corrected chi connectivity index (χ1v) is 6.62. The molecule has 1 aromatic carbocycles. The Balaban J connectivity index is 3.19. The van der Waals surface area contributed by atoms with Gasteiger partial charge in [0, 0.05) is 11.8 Å². The Kier molecular flexibility index (Phi) is 5.43. The van der Waals surface area contributed by atoms with Crippen LogP contribution in [0.15, 0.2) is 12.1 Å². The van der Waals surface area contributed by atoms with Gasteiger partial charge in [0.1, 0.15) is 5.56 Å². The first-order valence-electron chi connectivity index (χ1n) is 5.22. The quantitative estimate of drug-likeness (QED) is 0.465. The molecule has 0 amide bonds. The Labute approximate surface area is 113 Å². The maximum atomic E-state index is 11.0. The number of rotatable bonds is 7. The van der Waals surface area contributed by atoms with Crippen molar-refractivity contribution in [2.24, 2.45) is 0 Å². The van der Waals surface area contributed by atoms with Gasteiger partial charge in [-0.1, -0.05) is 0 Å². The summed E-state index contributed by atoms with van der Waals surface area (Å²) in [4.78, 5) is 21.1. The fourth-order valence-electron chi connectivity index (χ4n) is 1.38. The molecule has 0 bridgehead atoms. The average molecular weight is 287 g/mol. The minimum absolute atomic E-state index is 0.157. The van der Waals surface area contributed by atoms with Crippen LogP contribution in [-0.4, -0.2) is 41.7 Å². The molecule has 19 heavy (non-hydrogen) atoms. The van der Waals surface area contributed by atoms with Crippen LogP contribution in [0.25, 0.3) is 0 Å². The summed E-state index contributed by atoms with van der Waals surface area (Å²) in [6.45, 7) is 0.348. The number of nitro benzene ring substituents is 1. The van der Waals surface area contributed by atoms with Crippen molar-refractivity contribution in [2.75, 3.05) is 25.7 Å². The predicted molar refractivity (Wildman–Crippen MR) is 70.5 cm³/mol. The van der Waals surface area contributed by atoms with Crippen LogP contribution in [0.2, 0.25) is 0 Å². The van der Waals surface area contributed by atoms with E-state index in [9.17, 15) is 14.9 Å². The van der Waals surface area contributed by atoms with Gasteiger partial charge in [0.2, 0.25) is 0 Å². The van der Waals surface area contributed by atoms with E-state index in [0.717, 1.165) is 12.1 Å². The molecule has 0 aromatic heterocycles.